The van der Waals surface area contributed by atoms with Crippen molar-refractivity contribution in [3.05, 3.63) is 41.0 Å². The number of nitrogens with one attached hydrogen (secondary N) is 1. The molecule has 0 saturated carbocycles. The summed E-state index contributed by atoms with van der Waals surface area (Å²) in [4.78, 5) is 37.0. The molecular weight excluding hydrogens is 545 g/mol. The van der Waals surface area contributed by atoms with Crippen molar-refractivity contribution in [1.29, 1.82) is 0 Å². The zero-order valence-corrected chi connectivity index (χ0v) is 25.5. The molecule has 42 heavy (non-hydrogen) atoms. The molecule has 228 valence electrons. The predicted molar refractivity (Wildman–Crippen MR) is 157 cm³/mol. The fraction of sp³-hybridized carbons (Fsp3) is 0.533. The van der Waals surface area contributed by atoms with Crippen molar-refractivity contribution in [3.63, 3.8) is 0 Å². The van der Waals surface area contributed by atoms with Gasteiger partial charge in [-0.25, -0.2) is 23.9 Å². The Morgan fingerprint density at radius 2 is 1.83 bits per heavy atom. The van der Waals surface area contributed by atoms with Gasteiger partial charge in [-0.3, -0.25) is 4.90 Å². The molecule has 0 bridgehead atoms. The molecule has 2 aromatic rings. The van der Waals surface area contributed by atoms with Gasteiger partial charge in [0.05, 0.1) is 36.2 Å². The van der Waals surface area contributed by atoms with Gasteiger partial charge in [0.25, 0.3) is 0 Å². The van der Waals surface area contributed by atoms with E-state index in [1.54, 1.807) is 73.7 Å². The van der Waals surface area contributed by atoms with E-state index >= 15 is 4.39 Å². The molecule has 2 amide bonds. The van der Waals surface area contributed by atoms with Gasteiger partial charge in [0.15, 0.2) is 17.4 Å². The Labute approximate surface area is 245 Å². The number of carbonyl (C=O) groups is 2. The Bertz CT molecular complexity index is 1400. The number of halogens is 1. The number of nitrogens with zero attached hydrogens (tertiary/aromatic N) is 4. The van der Waals surface area contributed by atoms with Crippen LogP contribution in [0.15, 0.2) is 18.2 Å². The van der Waals surface area contributed by atoms with Crippen molar-refractivity contribution < 1.29 is 33.3 Å². The van der Waals surface area contributed by atoms with E-state index in [1.165, 1.54) is 9.80 Å². The van der Waals surface area contributed by atoms with Crippen LogP contribution in [0.5, 0.6) is 5.75 Å². The van der Waals surface area contributed by atoms with Gasteiger partial charge in [-0.1, -0.05) is 6.08 Å². The van der Waals surface area contributed by atoms with Gasteiger partial charge in [-0.05, 0) is 60.1 Å². The van der Waals surface area contributed by atoms with Crippen LogP contribution in [0.4, 0.5) is 31.3 Å². The van der Waals surface area contributed by atoms with Gasteiger partial charge in [-0.15, -0.1) is 0 Å². The van der Waals surface area contributed by atoms with E-state index in [1.807, 2.05) is 0 Å². The number of aliphatic hydroxyl groups excluding tert-OH is 1. The summed E-state index contributed by atoms with van der Waals surface area (Å²) in [5.74, 6) is -0.139. The smallest absolute Gasteiger partial charge is 0.414 e. The normalized spacial score (nSPS) is 17.0. The summed E-state index contributed by atoms with van der Waals surface area (Å²) in [5.41, 5.74) is 0.971. The summed E-state index contributed by atoms with van der Waals surface area (Å²) in [6.07, 6.45) is 0.240. The molecule has 12 heteroatoms. The van der Waals surface area contributed by atoms with E-state index in [-0.39, 0.29) is 36.7 Å². The van der Waals surface area contributed by atoms with E-state index in [0.29, 0.717) is 41.4 Å². The predicted octanol–water partition coefficient (Wildman–Crippen LogP) is 5.36. The Balaban J connectivity index is 1.67. The number of β-amino-alcohol motifs (C(OH)–C–C–N with tert-alkyl or cyclic N) is 1. The number of aromatic nitrogens is 2. The highest BCUT2D eigenvalue weighted by Crippen LogP contribution is 2.40. The number of aryl methyl sites for hydroxylation is 1. The van der Waals surface area contributed by atoms with Crippen LogP contribution in [0, 0.1) is 12.7 Å². The number of hydrogen-bond donors (Lipinski definition) is 2. The lowest BCUT2D eigenvalue weighted by Gasteiger charge is -2.26. The monoisotopic (exact) mass is 585 g/mol. The third-order valence-electron chi connectivity index (χ3n) is 6.41. The Morgan fingerprint density at radius 1 is 1.14 bits per heavy atom. The Morgan fingerprint density at radius 3 is 2.50 bits per heavy atom. The minimum Gasteiger partial charge on any atom is -0.491 e. The molecule has 1 atom stereocenters. The highest BCUT2D eigenvalue weighted by molar-refractivity contribution is 5.88. The van der Waals surface area contributed by atoms with E-state index in [4.69, 9.17) is 14.2 Å². The minimum atomic E-state index is -0.948. The van der Waals surface area contributed by atoms with E-state index in [2.05, 4.69) is 15.3 Å². The maximum Gasteiger partial charge on any atom is 0.414 e. The number of ether oxygens (including phenoxy) is 3. The number of fused-ring (bicyclic) bond motifs is 1. The Hall–Kier alpha value is -3.93. The van der Waals surface area contributed by atoms with Gasteiger partial charge in [0, 0.05) is 38.2 Å². The SMILES string of the molecule is Cc1cc(N(C)C(=O)OC(C)(C)C)cc(Nc2nc3c(c(C4=CCN(C(=O)OC(C)(C)C)C[C@@H](O)C4)c2F)OCC3)n1. The largest absolute Gasteiger partial charge is 0.491 e. The van der Waals surface area contributed by atoms with Crippen LogP contribution in [-0.4, -0.2) is 76.2 Å². The van der Waals surface area contributed by atoms with Crippen LogP contribution in [-0.2, 0) is 15.9 Å². The third kappa shape index (κ3) is 7.47. The van der Waals surface area contributed by atoms with Gasteiger partial charge in [0.2, 0.25) is 0 Å². The molecule has 0 aliphatic carbocycles. The van der Waals surface area contributed by atoms with Crippen LogP contribution in [0.2, 0.25) is 0 Å². The highest BCUT2D eigenvalue weighted by Gasteiger charge is 2.32. The maximum absolute atomic E-state index is 16.3. The summed E-state index contributed by atoms with van der Waals surface area (Å²) < 4.78 is 33.0. The first-order valence-corrected chi connectivity index (χ1v) is 13.9. The summed E-state index contributed by atoms with van der Waals surface area (Å²) in [6, 6.07) is 3.32. The zero-order valence-electron chi connectivity index (χ0n) is 25.5. The summed E-state index contributed by atoms with van der Waals surface area (Å²) in [5, 5.41) is 13.8. The summed E-state index contributed by atoms with van der Waals surface area (Å²) in [6.45, 7) is 12.9. The molecule has 0 spiro atoms. The number of amides is 2. The van der Waals surface area contributed by atoms with Crippen LogP contribution >= 0.6 is 0 Å². The van der Waals surface area contributed by atoms with Gasteiger partial charge >= 0.3 is 12.2 Å². The second kappa shape index (κ2) is 11.7. The van der Waals surface area contributed by atoms with Crippen LogP contribution in [0.3, 0.4) is 0 Å². The molecule has 0 radical (unpaired) electrons. The number of rotatable bonds is 4. The number of aliphatic hydroxyl groups is 1. The lowest BCUT2D eigenvalue weighted by atomic mass is 9.98. The van der Waals surface area contributed by atoms with Gasteiger partial charge in [-0.2, -0.15) is 0 Å². The van der Waals surface area contributed by atoms with E-state index < -0.39 is 35.3 Å². The number of pyridine rings is 2. The number of carbonyl (C=O) groups excluding carboxylic acids is 2. The molecule has 0 aromatic carbocycles. The molecule has 0 fully saturated rings. The molecule has 2 N–H and O–H groups in total. The van der Waals surface area contributed by atoms with Crippen molar-refractivity contribution in [1.82, 2.24) is 14.9 Å². The lowest BCUT2D eigenvalue weighted by molar-refractivity contribution is 0.0186. The average Bonchev–Trinajstić information content (AvgIpc) is 3.22. The molecule has 0 unspecified atom stereocenters. The van der Waals surface area contributed by atoms with Crippen molar-refractivity contribution in [2.45, 2.75) is 78.6 Å². The average molecular weight is 586 g/mol. The molecular formula is C30H40FN5O6. The lowest BCUT2D eigenvalue weighted by Crippen LogP contribution is -2.40. The summed E-state index contributed by atoms with van der Waals surface area (Å²) >= 11 is 0. The molecule has 4 heterocycles. The van der Waals surface area contributed by atoms with Crippen molar-refractivity contribution in [3.8, 4) is 5.75 Å². The molecule has 2 aliphatic rings. The van der Waals surface area contributed by atoms with Crippen molar-refractivity contribution in [2.24, 2.45) is 0 Å². The fourth-order valence-corrected chi connectivity index (χ4v) is 4.64. The van der Waals surface area contributed by atoms with Crippen LogP contribution in [0.1, 0.15) is 64.9 Å². The fourth-order valence-electron chi connectivity index (χ4n) is 4.64. The standard InChI is InChI=1S/C30H40FN5O6/c1-17-13-19(35(8)27(38)41-29(2,3)4)15-22(32-17)34-26-24(31)23(25-21(33-26)10-12-40-25)18-9-11-36(16-20(37)14-18)28(39)42-30(5,6)7/h9,13,15,20,37H,10-12,14,16H2,1-8H3,(H,32,33,34)/t20-/m0/s1. The second-order valence-electron chi connectivity index (χ2n) is 12.5. The number of hydrogen-bond acceptors (Lipinski definition) is 9. The minimum absolute atomic E-state index is 0.0386. The van der Waals surface area contributed by atoms with Crippen LogP contribution in [0.25, 0.3) is 5.57 Å². The first kappa shape index (κ1) is 31.0. The second-order valence-corrected chi connectivity index (χ2v) is 12.5. The topological polar surface area (TPSA) is 126 Å². The van der Waals surface area contributed by atoms with Crippen molar-refractivity contribution in [2.75, 3.05) is 37.0 Å². The molecule has 0 saturated heterocycles. The number of anilines is 3. The van der Waals surface area contributed by atoms with Gasteiger partial charge < -0.3 is 29.5 Å². The summed E-state index contributed by atoms with van der Waals surface area (Å²) in [7, 11) is 1.58. The molecule has 11 nitrogen and oxygen atoms in total. The molecule has 2 aromatic heterocycles. The molecule has 2 aliphatic heterocycles. The highest BCUT2D eigenvalue weighted by atomic mass is 19.1. The maximum atomic E-state index is 16.3. The quantitative estimate of drug-likeness (QED) is 0.488. The third-order valence-corrected chi connectivity index (χ3v) is 6.41. The van der Waals surface area contributed by atoms with Crippen LogP contribution < -0.4 is 15.0 Å². The Kier molecular flexibility index (Phi) is 8.68. The van der Waals surface area contributed by atoms with Gasteiger partial charge in [0.1, 0.15) is 17.0 Å². The van der Waals surface area contributed by atoms with E-state index in [9.17, 15) is 14.7 Å². The van der Waals surface area contributed by atoms with E-state index in [0.717, 1.165) is 0 Å². The first-order chi connectivity index (χ1) is 19.5. The van der Waals surface area contributed by atoms with Crippen molar-refractivity contribution >= 4 is 35.1 Å². The zero-order chi connectivity index (χ0) is 31.0. The molecule has 4 rings (SSSR count). The first-order valence-electron chi connectivity index (χ1n) is 13.9.